The molecule has 0 radical (unpaired) electrons. The van der Waals surface area contributed by atoms with Crippen LogP contribution in [0.3, 0.4) is 0 Å². The van der Waals surface area contributed by atoms with Crippen LogP contribution in [0.15, 0.2) is 59.7 Å². The number of aromatic amines is 1. The van der Waals surface area contributed by atoms with Crippen molar-refractivity contribution < 1.29 is 9.53 Å². The number of ether oxygens (including phenoxy) is 1. The van der Waals surface area contributed by atoms with Crippen LogP contribution in [-0.4, -0.2) is 28.4 Å². The maximum Gasteiger partial charge on any atom is 0.289 e. The SMILES string of the molecule is CCOc1ccc(-c2cc(C(=O)NN=C(C)c3ccc(C)cc3)[nH]n2)cc1. The fraction of sp³-hybridized carbons (Fsp3) is 0.190. The molecule has 0 bridgehead atoms. The van der Waals surface area contributed by atoms with Gasteiger partial charge in [-0.15, -0.1) is 0 Å². The van der Waals surface area contributed by atoms with Crippen molar-refractivity contribution >= 4 is 11.6 Å². The minimum absolute atomic E-state index is 0.342. The number of nitrogens with zero attached hydrogens (tertiary/aromatic N) is 2. The number of H-pyrrole nitrogens is 1. The molecule has 1 amide bonds. The first-order valence-electron chi connectivity index (χ1n) is 8.77. The standard InChI is InChI=1S/C21H22N4O2/c1-4-27-18-11-9-17(10-12-18)19-13-20(24-23-19)21(26)25-22-15(3)16-7-5-14(2)6-8-16/h5-13H,4H2,1-3H3,(H,23,24)(H,25,26). The van der Waals surface area contributed by atoms with Crippen molar-refractivity contribution in [1.82, 2.24) is 15.6 Å². The van der Waals surface area contributed by atoms with Gasteiger partial charge in [0.15, 0.2) is 0 Å². The number of hydrogen-bond acceptors (Lipinski definition) is 4. The molecule has 1 heterocycles. The molecule has 2 N–H and O–H groups in total. The number of rotatable bonds is 6. The van der Waals surface area contributed by atoms with E-state index >= 15 is 0 Å². The highest BCUT2D eigenvalue weighted by molar-refractivity contribution is 6.00. The molecule has 0 spiro atoms. The van der Waals surface area contributed by atoms with Gasteiger partial charge in [-0.05, 0) is 56.7 Å². The fourth-order valence-corrected chi connectivity index (χ4v) is 2.53. The maximum atomic E-state index is 12.3. The third-order valence-electron chi connectivity index (χ3n) is 4.08. The van der Waals surface area contributed by atoms with Crippen LogP contribution in [0.4, 0.5) is 0 Å². The Morgan fingerprint density at radius 1 is 1.15 bits per heavy atom. The Balaban J connectivity index is 1.67. The van der Waals surface area contributed by atoms with Crippen molar-refractivity contribution in [3.8, 4) is 17.0 Å². The van der Waals surface area contributed by atoms with Crippen LogP contribution in [-0.2, 0) is 0 Å². The molecule has 6 nitrogen and oxygen atoms in total. The molecule has 0 fully saturated rings. The summed E-state index contributed by atoms with van der Waals surface area (Å²) in [6, 6.07) is 17.2. The lowest BCUT2D eigenvalue weighted by Crippen LogP contribution is -2.19. The van der Waals surface area contributed by atoms with E-state index in [0.717, 1.165) is 22.6 Å². The van der Waals surface area contributed by atoms with Gasteiger partial charge in [0.2, 0.25) is 0 Å². The highest BCUT2D eigenvalue weighted by atomic mass is 16.5. The molecule has 0 aliphatic heterocycles. The van der Waals surface area contributed by atoms with Gasteiger partial charge in [0.05, 0.1) is 18.0 Å². The summed E-state index contributed by atoms with van der Waals surface area (Å²) in [4.78, 5) is 12.3. The lowest BCUT2D eigenvalue weighted by atomic mass is 10.1. The Hall–Kier alpha value is -3.41. The van der Waals surface area contributed by atoms with Crippen LogP contribution < -0.4 is 10.2 Å². The third kappa shape index (κ3) is 4.61. The number of carbonyl (C=O) groups is 1. The normalized spacial score (nSPS) is 11.3. The minimum Gasteiger partial charge on any atom is -0.494 e. The number of carbonyl (C=O) groups excluding carboxylic acids is 1. The van der Waals surface area contributed by atoms with Gasteiger partial charge in [-0.3, -0.25) is 9.89 Å². The number of aromatic nitrogens is 2. The van der Waals surface area contributed by atoms with Crippen molar-refractivity contribution in [3.05, 3.63) is 71.4 Å². The average Bonchev–Trinajstić information content (AvgIpc) is 3.17. The molecule has 0 aliphatic rings. The molecule has 0 atom stereocenters. The van der Waals surface area contributed by atoms with Gasteiger partial charge in [-0.2, -0.15) is 10.2 Å². The zero-order valence-corrected chi connectivity index (χ0v) is 15.6. The molecule has 0 saturated carbocycles. The first-order valence-corrected chi connectivity index (χ1v) is 8.77. The van der Waals surface area contributed by atoms with Crippen molar-refractivity contribution in [1.29, 1.82) is 0 Å². The molecule has 3 rings (SSSR count). The first kappa shape index (κ1) is 18.4. The predicted molar refractivity (Wildman–Crippen MR) is 106 cm³/mol. The van der Waals surface area contributed by atoms with Gasteiger partial charge in [0.1, 0.15) is 11.4 Å². The average molecular weight is 362 g/mol. The highest BCUT2D eigenvalue weighted by Gasteiger charge is 2.11. The Morgan fingerprint density at radius 3 is 2.52 bits per heavy atom. The van der Waals surface area contributed by atoms with Crippen molar-refractivity contribution in [3.63, 3.8) is 0 Å². The summed E-state index contributed by atoms with van der Waals surface area (Å²) in [5.41, 5.74) is 7.35. The monoisotopic (exact) mass is 362 g/mol. The molecule has 3 aromatic rings. The van der Waals surface area contributed by atoms with E-state index in [1.54, 1.807) is 6.07 Å². The summed E-state index contributed by atoms with van der Waals surface area (Å²) in [5.74, 6) is 0.460. The van der Waals surface area contributed by atoms with Gasteiger partial charge < -0.3 is 4.74 Å². The number of amides is 1. The maximum absolute atomic E-state index is 12.3. The van der Waals surface area contributed by atoms with Crippen molar-refractivity contribution in [2.75, 3.05) is 6.61 Å². The van der Waals surface area contributed by atoms with Crippen LogP contribution in [0.2, 0.25) is 0 Å². The van der Waals surface area contributed by atoms with Gasteiger partial charge in [0.25, 0.3) is 5.91 Å². The Labute approximate surface area is 158 Å². The van der Waals surface area contributed by atoms with Gasteiger partial charge in [-0.1, -0.05) is 29.8 Å². The van der Waals surface area contributed by atoms with Crippen LogP contribution in [0.5, 0.6) is 5.75 Å². The second-order valence-corrected chi connectivity index (χ2v) is 6.13. The predicted octanol–water partition coefficient (Wildman–Crippen LogP) is 3.94. The fourth-order valence-electron chi connectivity index (χ4n) is 2.53. The topological polar surface area (TPSA) is 79.4 Å². The molecular formula is C21H22N4O2. The smallest absolute Gasteiger partial charge is 0.289 e. The molecule has 6 heteroatoms. The molecule has 0 aliphatic carbocycles. The largest absolute Gasteiger partial charge is 0.494 e. The Morgan fingerprint density at radius 2 is 1.85 bits per heavy atom. The van der Waals surface area contributed by atoms with E-state index in [1.165, 1.54) is 5.56 Å². The molecule has 0 unspecified atom stereocenters. The number of hydrogen-bond donors (Lipinski definition) is 2. The summed E-state index contributed by atoms with van der Waals surface area (Å²) in [5, 5.41) is 11.1. The molecule has 2 aromatic carbocycles. The summed E-state index contributed by atoms with van der Waals surface area (Å²) in [6.07, 6.45) is 0. The first-order chi connectivity index (χ1) is 13.1. The molecule has 27 heavy (non-hydrogen) atoms. The summed E-state index contributed by atoms with van der Waals surface area (Å²) >= 11 is 0. The Bertz CT molecular complexity index is 941. The Kier molecular flexibility index (Phi) is 5.66. The molecule has 0 saturated heterocycles. The quantitative estimate of drug-likeness (QED) is 0.515. The van der Waals surface area contributed by atoms with E-state index in [1.807, 2.05) is 69.3 Å². The van der Waals surface area contributed by atoms with Crippen LogP contribution in [0, 0.1) is 6.92 Å². The lowest BCUT2D eigenvalue weighted by Gasteiger charge is -2.03. The second-order valence-electron chi connectivity index (χ2n) is 6.13. The van der Waals surface area contributed by atoms with E-state index in [4.69, 9.17) is 4.74 Å². The van der Waals surface area contributed by atoms with E-state index < -0.39 is 0 Å². The van der Waals surface area contributed by atoms with E-state index in [-0.39, 0.29) is 5.91 Å². The number of aryl methyl sites for hydroxylation is 1. The van der Waals surface area contributed by atoms with Gasteiger partial charge in [-0.25, -0.2) is 5.43 Å². The van der Waals surface area contributed by atoms with Gasteiger partial charge >= 0.3 is 0 Å². The lowest BCUT2D eigenvalue weighted by molar-refractivity contribution is 0.0950. The van der Waals surface area contributed by atoms with Crippen molar-refractivity contribution in [2.24, 2.45) is 5.10 Å². The molecule has 1 aromatic heterocycles. The zero-order valence-electron chi connectivity index (χ0n) is 15.6. The van der Waals surface area contributed by atoms with Crippen LogP contribution in [0.25, 0.3) is 11.3 Å². The third-order valence-corrected chi connectivity index (χ3v) is 4.08. The minimum atomic E-state index is -0.342. The number of hydrazone groups is 1. The summed E-state index contributed by atoms with van der Waals surface area (Å²) in [6.45, 7) is 6.44. The highest BCUT2D eigenvalue weighted by Crippen LogP contribution is 2.21. The van der Waals surface area contributed by atoms with E-state index in [2.05, 4.69) is 20.7 Å². The van der Waals surface area contributed by atoms with Crippen LogP contribution >= 0.6 is 0 Å². The van der Waals surface area contributed by atoms with E-state index in [9.17, 15) is 4.79 Å². The number of nitrogens with one attached hydrogen (secondary N) is 2. The van der Waals surface area contributed by atoms with Crippen LogP contribution in [0.1, 0.15) is 35.5 Å². The van der Waals surface area contributed by atoms with E-state index in [0.29, 0.717) is 18.0 Å². The summed E-state index contributed by atoms with van der Waals surface area (Å²) in [7, 11) is 0. The zero-order chi connectivity index (χ0) is 19.2. The number of benzene rings is 2. The summed E-state index contributed by atoms with van der Waals surface area (Å²) < 4.78 is 5.43. The van der Waals surface area contributed by atoms with Gasteiger partial charge in [0, 0.05) is 5.56 Å². The second kappa shape index (κ2) is 8.31. The molecule has 138 valence electrons. The molecular weight excluding hydrogens is 340 g/mol. The van der Waals surface area contributed by atoms with Crippen molar-refractivity contribution in [2.45, 2.75) is 20.8 Å².